The van der Waals surface area contributed by atoms with Crippen LogP contribution in [0.2, 0.25) is 0 Å². The van der Waals surface area contributed by atoms with E-state index in [-0.39, 0.29) is 11.6 Å². The molecule has 0 aliphatic carbocycles. The molecule has 2 aromatic heterocycles. The molecule has 0 saturated carbocycles. The number of aromatic nitrogens is 4. The second-order valence-electron chi connectivity index (χ2n) is 8.23. The number of methoxy groups -OCH3 is 2. The fourth-order valence-corrected chi connectivity index (χ4v) is 3.89. The van der Waals surface area contributed by atoms with Crippen molar-refractivity contribution in [3.05, 3.63) is 96.4 Å². The maximum atomic E-state index is 13.9. The van der Waals surface area contributed by atoms with Gasteiger partial charge in [0.1, 0.15) is 17.3 Å². The van der Waals surface area contributed by atoms with Gasteiger partial charge in [0.05, 0.1) is 31.3 Å². The van der Waals surface area contributed by atoms with Gasteiger partial charge in [-0.05, 0) is 60.7 Å². The third-order valence-electron chi connectivity index (χ3n) is 5.77. The first-order valence-corrected chi connectivity index (χ1v) is 11.4. The highest BCUT2D eigenvalue weighted by atomic mass is 19.4. The topological polar surface area (TPSA) is 62.1 Å². The van der Waals surface area contributed by atoms with Crippen LogP contribution < -0.4 is 9.47 Å². The van der Waals surface area contributed by atoms with Crippen molar-refractivity contribution >= 4 is 0 Å². The Kier molecular flexibility index (Phi) is 6.54. The number of nitrogens with zero attached hydrogens (tertiary/aromatic N) is 4. The summed E-state index contributed by atoms with van der Waals surface area (Å²) in [4.78, 5) is 8.22. The second-order valence-corrected chi connectivity index (χ2v) is 8.23. The number of ether oxygens (including phenoxy) is 2. The van der Waals surface area contributed by atoms with E-state index >= 15 is 0 Å². The van der Waals surface area contributed by atoms with Crippen LogP contribution in [0.15, 0.2) is 84.9 Å². The van der Waals surface area contributed by atoms with Gasteiger partial charge in [0.2, 0.25) is 0 Å². The van der Waals surface area contributed by atoms with Crippen LogP contribution in [0.1, 0.15) is 5.69 Å². The van der Waals surface area contributed by atoms with Gasteiger partial charge < -0.3 is 9.47 Å². The third kappa shape index (κ3) is 5.06. The summed E-state index contributed by atoms with van der Waals surface area (Å²) in [5.41, 5.74) is 1.31. The van der Waals surface area contributed by atoms with Gasteiger partial charge in [-0.25, -0.2) is 14.4 Å². The van der Waals surface area contributed by atoms with E-state index < -0.39 is 17.7 Å². The first kappa shape index (κ1) is 24.9. The summed E-state index contributed by atoms with van der Waals surface area (Å²) >= 11 is 0. The summed E-state index contributed by atoms with van der Waals surface area (Å²) in [5.74, 6) is 0.324. The first-order chi connectivity index (χ1) is 18.2. The summed E-state index contributed by atoms with van der Waals surface area (Å²) in [6.07, 6.45) is -4.76. The Morgan fingerprint density at radius 3 is 1.95 bits per heavy atom. The minimum atomic E-state index is -4.76. The molecule has 6 nitrogen and oxygen atoms in total. The lowest BCUT2D eigenvalue weighted by Gasteiger charge is -2.13. The van der Waals surface area contributed by atoms with E-state index in [0.717, 1.165) is 18.2 Å². The zero-order chi connectivity index (χ0) is 26.9. The number of halogens is 4. The highest BCUT2D eigenvalue weighted by Gasteiger charge is 2.34. The standard InChI is InChI=1S/C28H20F4N4O2/c1-37-21-7-3-5-18(13-21)24-15-25(19-6-4-8-22(14-19)38-2)36(35-24)27-33-23(16-26(34-27)28(30,31)32)17-9-11-20(29)12-10-17/h3-16H,1-2H3. The summed E-state index contributed by atoms with van der Waals surface area (Å²) in [7, 11) is 3.05. The van der Waals surface area contributed by atoms with Crippen molar-refractivity contribution in [1.29, 1.82) is 0 Å². The Morgan fingerprint density at radius 2 is 1.32 bits per heavy atom. The van der Waals surface area contributed by atoms with Crippen molar-refractivity contribution in [2.75, 3.05) is 14.2 Å². The monoisotopic (exact) mass is 520 g/mol. The number of rotatable bonds is 6. The molecule has 0 spiro atoms. The number of hydrogen-bond donors (Lipinski definition) is 0. The molecule has 3 aromatic carbocycles. The fraction of sp³-hybridized carbons (Fsp3) is 0.107. The molecule has 0 N–H and O–H groups in total. The molecule has 192 valence electrons. The van der Waals surface area contributed by atoms with Crippen LogP contribution in [0.3, 0.4) is 0 Å². The van der Waals surface area contributed by atoms with Gasteiger partial charge in [0.15, 0.2) is 5.69 Å². The average molecular weight is 520 g/mol. The van der Waals surface area contributed by atoms with E-state index in [4.69, 9.17) is 9.47 Å². The normalized spacial score (nSPS) is 11.4. The molecule has 0 aliphatic rings. The van der Waals surface area contributed by atoms with Gasteiger partial charge in [-0.3, -0.25) is 0 Å². The SMILES string of the molecule is COc1cccc(-c2cc(-c3cccc(OC)c3)n(-c3nc(-c4ccc(F)cc4)cc(C(F)(F)F)n3)n2)c1. The Hall–Kier alpha value is -4.73. The largest absolute Gasteiger partial charge is 0.497 e. The van der Waals surface area contributed by atoms with E-state index in [9.17, 15) is 17.6 Å². The molecule has 5 aromatic rings. The molecule has 0 aliphatic heterocycles. The van der Waals surface area contributed by atoms with Gasteiger partial charge in [-0.15, -0.1) is 0 Å². The van der Waals surface area contributed by atoms with Crippen LogP contribution in [-0.4, -0.2) is 34.0 Å². The third-order valence-corrected chi connectivity index (χ3v) is 5.77. The van der Waals surface area contributed by atoms with Crippen molar-refractivity contribution in [1.82, 2.24) is 19.7 Å². The summed E-state index contributed by atoms with van der Waals surface area (Å²) in [5, 5.41) is 4.60. The molecule has 0 amide bonds. The minimum Gasteiger partial charge on any atom is -0.497 e. The van der Waals surface area contributed by atoms with Crippen molar-refractivity contribution in [3.63, 3.8) is 0 Å². The van der Waals surface area contributed by atoms with E-state index in [1.807, 2.05) is 6.07 Å². The Balaban J connectivity index is 1.75. The first-order valence-electron chi connectivity index (χ1n) is 11.4. The molecule has 0 atom stereocenters. The molecular weight excluding hydrogens is 500 g/mol. The predicted octanol–water partition coefficient (Wildman–Crippen LogP) is 6.84. The highest BCUT2D eigenvalue weighted by Crippen LogP contribution is 2.34. The average Bonchev–Trinajstić information content (AvgIpc) is 3.39. The fourth-order valence-electron chi connectivity index (χ4n) is 3.89. The Morgan fingerprint density at radius 1 is 0.684 bits per heavy atom. The highest BCUT2D eigenvalue weighted by molar-refractivity contribution is 5.72. The van der Waals surface area contributed by atoms with E-state index in [1.54, 1.807) is 48.5 Å². The quantitative estimate of drug-likeness (QED) is 0.230. The lowest BCUT2D eigenvalue weighted by atomic mass is 10.1. The van der Waals surface area contributed by atoms with Gasteiger partial charge in [0.25, 0.3) is 5.95 Å². The van der Waals surface area contributed by atoms with Gasteiger partial charge in [-0.2, -0.15) is 23.0 Å². The van der Waals surface area contributed by atoms with Crippen LogP contribution in [-0.2, 0) is 6.18 Å². The van der Waals surface area contributed by atoms with E-state index in [1.165, 1.54) is 31.0 Å². The van der Waals surface area contributed by atoms with Crippen LogP contribution >= 0.6 is 0 Å². The Bertz CT molecular complexity index is 1600. The van der Waals surface area contributed by atoms with Crippen molar-refractivity contribution in [2.45, 2.75) is 6.18 Å². The molecule has 5 rings (SSSR count). The van der Waals surface area contributed by atoms with E-state index in [2.05, 4.69) is 15.1 Å². The number of alkyl halides is 3. The number of hydrogen-bond acceptors (Lipinski definition) is 5. The number of benzene rings is 3. The van der Waals surface area contributed by atoms with Crippen molar-refractivity contribution in [3.8, 4) is 51.2 Å². The van der Waals surface area contributed by atoms with Gasteiger partial charge in [0, 0.05) is 16.7 Å². The van der Waals surface area contributed by atoms with Gasteiger partial charge in [-0.1, -0.05) is 24.3 Å². The lowest BCUT2D eigenvalue weighted by Crippen LogP contribution is -2.14. The molecule has 0 saturated heterocycles. The zero-order valence-electron chi connectivity index (χ0n) is 20.2. The maximum Gasteiger partial charge on any atom is 0.433 e. The lowest BCUT2D eigenvalue weighted by molar-refractivity contribution is -0.141. The van der Waals surface area contributed by atoms with Gasteiger partial charge >= 0.3 is 6.18 Å². The van der Waals surface area contributed by atoms with Crippen LogP contribution in [0, 0.1) is 5.82 Å². The molecule has 0 unspecified atom stereocenters. The predicted molar refractivity (Wildman–Crippen MR) is 134 cm³/mol. The summed E-state index contributed by atoms with van der Waals surface area (Å²) in [6.45, 7) is 0. The molecule has 38 heavy (non-hydrogen) atoms. The molecule has 0 bridgehead atoms. The van der Waals surface area contributed by atoms with Crippen LogP contribution in [0.25, 0.3) is 39.7 Å². The summed E-state index contributed by atoms with van der Waals surface area (Å²) in [6, 6.07) is 21.7. The second kappa shape index (κ2) is 9.97. The van der Waals surface area contributed by atoms with E-state index in [0.29, 0.717) is 39.6 Å². The molecule has 0 radical (unpaired) electrons. The molecule has 0 fully saturated rings. The molecule has 2 heterocycles. The van der Waals surface area contributed by atoms with Crippen molar-refractivity contribution < 1.29 is 27.0 Å². The molecule has 10 heteroatoms. The maximum absolute atomic E-state index is 13.9. The zero-order valence-corrected chi connectivity index (χ0v) is 20.2. The smallest absolute Gasteiger partial charge is 0.433 e. The van der Waals surface area contributed by atoms with Crippen LogP contribution in [0.4, 0.5) is 17.6 Å². The summed E-state index contributed by atoms with van der Waals surface area (Å²) < 4.78 is 67.1. The Labute approximate surface area is 215 Å². The van der Waals surface area contributed by atoms with Crippen molar-refractivity contribution in [2.24, 2.45) is 0 Å². The van der Waals surface area contributed by atoms with Crippen LogP contribution in [0.5, 0.6) is 11.5 Å². The molecular formula is C28H20F4N4O2. The minimum absolute atomic E-state index is 0.0302.